The number of rotatable bonds is 4. The number of aromatic carboxylic acids is 1. The van der Waals surface area contributed by atoms with E-state index in [1.807, 2.05) is 22.6 Å². The van der Waals surface area contributed by atoms with Gasteiger partial charge in [0.05, 0.1) is 23.8 Å². The lowest BCUT2D eigenvalue weighted by molar-refractivity contribution is 0.0698. The minimum atomic E-state index is -3.87. The standard InChI is InChI=1S/C10H8IN3O4S/c11-6-1-2-8(7(3-6)10(15)16)14-19(17,18)9-4-12-5-13-9/h1-5,14H,(H,12,13)(H,15,16). The molecule has 100 valence electrons. The fourth-order valence-corrected chi connectivity index (χ4v) is 2.85. The van der Waals surface area contributed by atoms with E-state index in [4.69, 9.17) is 5.11 Å². The van der Waals surface area contributed by atoms with Crippen molar-refractivity contribution in [2.24, 2.45) is 0 Å². The first-order valence-corrected chi connectivity index (χ1v) is 7.50. The summed E-state index contributed by atoms with van der Waals surface area (Å²) in [5, 5.41) is 8.92. The van der Waals surface area contributed by atoms with Crippen LogP contribution < -0.4 is 4.72 Å². The molecule has 0 amide bonds. The predicted molar refractivity (Wildman–Crippen MR) is 75.5 cm³/mol. The average molecular weight is 393 g/mol. The molecule has 1 heterocycles. The molecule has 2 aromatic rings. The summed E-state index contributed by atoms with van der Waals surface area (Å²) in [6, 6.07) is 4.39. The van der Waals surface area contributed by atoms with Crippen LogP contribution in [-0.2, 0) is 10.0 Å². The average Bonchev–Trinajstić information content (AvgIpc) is 2.85. The Balaban J connectivity index is 2.42. The number of halogens is 1. The van der Waals surface area contributed by atoms with E-state index in [1.54, 1.807) is 6.07 Å². The smallest absolute Gasteiger partial charge is 0.337 e. The van der Waals surface area contributed by atoms with E-state index >= 15 is 0 Å². The van der Waals surface area contributed by atoms with Gasteiger partial charge in [-0.1, -0.05) is 0 Å². The summed E-state index contributed by atoms with van der Waals surface area (Å²) in [7, 11) is -3.87. The van der Waals surface area contributed by atoms with Crippen LogP contribution in [-0.4, -0.2) is 29.5 Å². The molecule has 3 N–H and O–H groups in total. The highest BCUT2D eigenvalue weighted by atomic mass is 127. The van der Waals surface area contributed by atoms with Gasteiger partial charge in [-0.15, -0.1) is 0 Å². The fraction of sp³-hybridized carbons (Fsp3) is 0. The Morgan fingerprint density at radius 2 is 2.16 bits per heavy atom. The van der Waals surface area contributed by atoms with Crippen LogP contribution in [0.5, 0.6) is 0 Å². The molecule has 0 aliphatic heterocycles. The largest absolute Gasteiger partial charge is 0.478 e. The van der Waals surface area contributed by atoms with Crippen LogP contribution in [0.2, 0.25) is 0 Å². The lowest BCUT2D eigenvalue weighted by Gasteiger charge is -2.09. The van der Waals surface area contributed by atoms with Gasteiger partial charge in [0.15, 0.2) is 5.03 Å². The molecule has 0 saturated heterocycles. The fourth-order valence-electron chi connectivity index (χ4n) is 1.37. The van der Waals surface area contributed by atoms with Crippen molar-refractivity contribution >= 4 is 44.3 Å². The molecular formula is C10H8IN3O4S. The number of anilines is 1. The Morgan fingerprint density at radius 1 is 1.42 bits per heavy atom. The van der Waals surface area contributed by atoms with Gasteiger partial charge >= 0.3 is 5.97 Å². The van der Waals surface area contributed by atoms with Crippen LogP contribution >= 0.6 is 22.6 Å². The van der Waals surface area contributed by atoms with Gasteiger partial charge in [0.1, 0.15) is 0 Å². The van der Waals surface area contributed by atoms with Gasteiger partial charge in [0.2, 0.25) is 0 Å². The lowest BCUT2D eigenvalue weighted by Crippen LogP contribution is -2.16. The quantitative estimate of drug-likeness (QED) is 0.682. The Morgan fingerprint density at radius 3 is 2.74 bits per heavy atom. The number of carboxylic acid groups (broad SMARTS) is 1. The molecule has 0 saturated carbocycles. The summed E-state index contributed by atoms with van der Waals surface area (Å²) in [6.07, 6.45) is 2.36. The number of carbonyl (C=O) groups is 1. The van der Waals surface area contributed by atoms with Crippen molar-refractivity contribution in [3.63, 3.8) is 0 Å². The highest BCUT2D eigenvalue weighted by Crippen LogP contribution is 2.21. The maximum Gasteiger partial charge on any atom is 0.337 e. The Bertz CT molecular complexity index is 712. The second-order valence-electron chi connectivity index (χ2n) is 3.52. The second kappa shape index (κ2) is 5.17. The van der Waals surface area contributed by atoms with E-state index in [9.17, 15) is 13.2 Å². The van der Waals surface area contributed by atoms with Gasteiger partial charge in [-0.25, -0.2) is 9.78 Å². The van der Waals surface area contributed by atoms with Crippen molar-refractivity contribution in [2.75, 3.05) is 4.72 Å². The molecule has 0 atom stereocenters. The van der Waals surface area contributed by atoms with E-state index in [0.717, 1.165) is 6.20 Å². The monoisotopic (exact) mass is 393 g/mol. The highest BCUT2D eigenvalue weighted by Gasteiger charge is 2.19. The molecule has 19 heavy (non-hydrogen) atoms. The summed E-state index contributed by atoms with van der Waals surface area (Å²) in [5.41, 5.74) is -0.113. The summed E-state index contributed by atoms with van der Waals surface area (Å²) >= 11 is 1.95. The van der Waals surface area contributed by atoms with Crippen molar-refractivity contribution in [3.05, 3.63) is 39.9 Å². The molecule has 0 aliphatic carbocycles. The maximum atomic E-state index is 11.9. The van der Waals surface area contributed by atoms with E-state index < -0.39 is 16.0 Å². The third kappa shape index (κ3) is 3.04. The van der Waals surface area contributed by atoms with E-state index in [0.29, 0.717) is 3.57 Å². The number of hydrogen-bond donors (Lipinski definition) is 3. The van der Waals surface area contributed by atoms with Crippen LogP contribution in [0.1, 0.15) is 10.4 Å². The first-order valence-electron chi connectivity index (χ1n) is 4.94. The topological polar surface area (TPSA) is 112 Å². The molecule has 0 radical (unpaired) electrons. The van der Waals surface area contributed by atoms with E-state index in [-0.39, 0.29) is 16.3 Å². The zero-order valence-electron chi connectivity index (χ0n) is 9.29. The molecular weight excluding hydrogens is 385 g/mol. The van der Waals surface area contributed by atoms with Crippen LogP contribution in [0, 0.1) is 3.57 Å². The summed E-state index contributed by atoms with van der Waals surface area (Å²) in [4.78, 5) is 17.1. The summed E-state index contributed by atoms with van der Waals surface area (Å²) < 4.78 is 26.8. The Kier molecular flexibility index (Phi) is 3.75. The minimum Gasteiger partial charge on any atom is -0.478 e. The molecule has 0 unspecified atom stereocenters. The molecule has 0 aliphatic rings. The summed E-state index contributed by atoms with van der Waals surface area (Å²) in [6.45, 7) is 0. The third-order valence-corrected chi connectivity index (χ3v) is 4.18. The van der Waals surface area contributed by atoms with Gasteiger partial charge in [-0.3, -0.25) is 4.72 Å². The van der Waals surface area contributed by atoms with Crippen LogP contribution in [0.3, 0.4) is 0 Å². The number of carboxylic acids is 1. The van der Waals surface area contributed by atoms with Gasteiger partial charge in [0.25, 0.3) is 10.0 Å². The number of aromatic nitrogens is 2. The number of hydrogen-bond acceptors (Lipinski definition) is 4. The minimum absolute atomic E-state index is 0.00233. The second-order valence-corrected chi connectivity index (χ2v) is 6.41. The van der Waals surface area contributed by atoms with Gasteiger partial charge in [-0.2, -0.15) is 8.42 Å². The zero-order valence-corrected chi connectivity index (χ0v) is 12.3. The molecule has 7 nitrogen and oxygen atoms in total. The third-order valence-electron chi connectivity index (χ3n) is 2.22. The van der Waals surface area contributed by atoms with Crippen LogP contribution in [0.15, 0.2) is 35.7 Å². The van der Waals surface area contributed by atoms with E-state index in [2.05, 4.69) is 14.7 Å². The highest BCUT2D eigenvalue weighted by molar-refractivity contribution is 14.1. The van der Waals surface area contributed by atoms with Crippen molar-refractivity contribution in [3.8, 4) is 0 Å². The molecule has 1 aromatic heterocycles. The molecule has 0 spiro atoms. The zero-order chi connectivity index (χ0) is 14.0. The molecule has 9 heteroatoms. The maximum absolute atomic E-state index is 11.9. The number of aromatic amines is 1. The number of H-pyrrole nitrogens is 1. The van der Waals surface area contributed by atoms with Crippen molar-refractivity contribution in [1.82, 2.24) is 9.97 Å². The van der Waals surface area contributed by atoms with Gasteiger partial charge < -0.3 is 10.1 Å². The Hall–Kier alpha value is -1.62. The summed E-state index contributed by atoms with van der Waals surface area (Å²) in [5.74, 6) is -1.21. The number of nitrogens with one attached hydrogen (secondary N) is 2. The van der Waals surface area contributed by atoms with Crippen molar-refractivity contribution in [2.45, 2.75) is 5.03 Å². The normalized spacial score (nSPS) is 11.2. The molecule has 0 fully saturated rings. The van der Waals surface area contributed by atoms with E-state index in [1.165, 1.54) is 18.5 Å². The number of sulfonamides is 1. The molecule has 2 rings (SSSR count). The first-order chi connectivity index (χ1) is 8.90. The van der Waals surface area contributed by atoms with Gasteiger partial charge in [0, 0.05) is 3.57 Å². The lowest BCUT2D eigenvalue weighted by atomic mass is 10.2. The number of benzene rings is 1. The number of nitrogens with zero attached hydrogens (tertiary/aromatic N) is 1. The van der Waals surface area contributed by atoms with Crippen LogP contribution in [0.25, 0.3) is 0 Å². The number of imidazole rings is 1. The molecule has 1 aromatic carbocycles. The first kappa shape index (κ1) is 13.8. The van der Waals surface area contributed by atoms with Crippen molar-refractivity contribution < 1.29 is 18.3 Å². The van der Waals surface area contributed by atoms with Crippen LogP contribution in [0.4, 0.5) is 5.69 Å². The predicted octanol–water partition coefficient (Wildman–Crippen LogP) is 1.51. The van der Waals surface area contributed by atoms with Crippen molar-refractivity contribution in [1.29, 1.82) is 0 Å². The Labute approximate surface area is 122 Å². The van der Waals surface area contributed by atoms with Gasteiger partial charge in [-0.05, 0) is 40.8 Å². The molecule has 0 bridgehead atoms. The SMILES string of the molecule is O=C(O)c1cc(I)ccc1NS(=O)(=O)c1cnc[nH]1.